The van der Waals surface area contributed by atoms with E-state index in [0.717, 1.165) is 30.6 Å². The number of nitrogens with one attached hydrogen (secondary N) is 1. The molecule has 3 aromatic rings. The van der Waals surface area contributed by atoms with Crippen LogP contribution >= 0.6 is 23.2 Å². The number of benzene rings is 3. The zero-order chi connectivity index (χ0) is 25.7. The number of hydrazone groups is 1. The predicted octanol–water partition coefficient (Wildman–Crippen LogP) is 7.56. The van der Waals surface area contributed by atoms with Crippen molar-refractivity contribution in [3.63, 3.8) is 0 Å². The van der Waals surface area contributed by atoms with Crippen LogP contribution in [0, 0.1) is 29.1 Å². The van der Waals surface area contributed by atoms with Crippen molar-refractivity contribution >= 4 is 40.8 Å². The number of hydrogen-bond donors (Lipinski definition) is 1. The molecule has 0 aliphatic rings. The number of nitrogens with zero attached hydrogens (tertiary/aromatic N) is 2. The number of halogens is 7. The van der Waals surface area contributed by atoms with Gasteiger partial charge in [0.05, 0.1) is 16.3 Å². The van der Waals surface area contributed by atoms with Gasteiger partial charge in [0.1, 0.15) is 18.0 Å². The zero-order valence-electron chi connectivity index (χ0n) is 18.6. The molecule has 0 atom stereocenters. The smallest absolute Gasteiger partial charge is 0.200 e. The van der Waals surface area contributed by atoms with Crippen molar-refractivity contribution in [1.82, 2.24) is 0 Å². The van der Waals surface area contributed by atoms with Crippen molar-refractivity contribution in [1.29, 1.82) is 0 Å². The van der Waals surface area contributed by atoms with Crippen LogP contribution in [0.1, 0.15) is 25.0 Å². The van der Waals surface area contributed by atoms with Gasteiger partial charge in [-0.15, -0.1) is 0 Å². The second-order valence-corrected chi connectivity index (χ2v) is 8.06. The average Bonchev–Trinajstić information content (AvgIpc) is 2.86. The number of ether oxygens (including phenoxy) is 1. The first-order valence-corrected chi connectivity index (χ1v) is 11.2. The van der Waals surface area contributed by atoms with Crippen LogP contribution in [0.25, 0.3) is 0 Å². The molecule has 0 amide bonds. The molecule has 4 nitrogen and oxygen atoms in total. The van der Waals surface area contributed by atoms with Crippen LogP contribution in [0.15, 0.2) is 41.5 Å². The fourth-order valence-electron chi connectivity index (χ4n) is 3.20. The van der Waals surface area contributed by atoms with E-state index in [1.54, 1.807) is 36.4 Å². The first-order chi connectivity index (χ1) is 16.7. The summed E-state index contributed by atoms with van der Waals surface area (Å²) in [7, 11) is 0. The summed E-state index contributed by atoms with van der Waals surface area (Å²) in [5.74, 6) is -10.1. The largest absolute Gasteiger partial charge is 0.488 e. The maximum atomic E-state index is 13.9. The number of anilines is 2. The normalized spacial score (nSPS) is 11.2. The van der Waals surface area contributed by atoms with E-state index in [2.05, 4.69) is 10.0 Å². The molecule has 0 unspecified atom stereocenters. The second-order valence-electron chi connectivity index (χ2n) is 7.25. The van der Waals surface area contributed by atoms with E-state index in [-0.39, 0.29) is 6.61 Å². The van der Waals surface area contributed by atoms with Crippen LogP contribution < -0.4 is 15.1 Å². The molecular formula is C24H20Cl2F5N3O. The van der Waals surface area contributed by atoms with Crippen LogP contribution in [0.2, 0.25) is 10.0 Å². The van der Waals surface area contributed by atoms with E-state index >= 15 is 0 Å². The van der Waals surface area contributed by atoms with Gasteiger partial charge in [0.15, 0.2) is 23.3 Å². The Morgan fingerprint density at radius 1 is 0.857 bits per heavy atom. The summed E-state index contributed by atoms with van der Waals surface area (Å²) in [6, 6.07) is 10.2. The Kier molecular flexibility index (Phi) is 8.80. The summed E-state index contributed by atoms with van der Waals surface area (Å²) >= 11 is 12.0. The predicted molar refractivity (Wildman–Crippen MR) is 128 cm³/mol. The van der Waals surface area contributed by atoms with Crippen molar-refractivity contribution in [2.75, 3.05) is 23.4 Å². The first kappa shape index (κ1) is 26.6. The molecule has 0 fully saturated rings. The third-order valence-electron chi connectivity index (χ3n) is 5.09. The molecule has 186 valence electrons. The van der Waals surface area contributed by atoms with E-state index in [4.69, 9.17) is 27.9 Å². The van der Waals surface area contributed by atoms with Gasteiger partial charge in [-0.2, -0.15) is 5.10 Å². The Hall–Kier alpha value is -3.04. The maximum absolute atomic E-state index is 13.9. The van der Waals surface area contributed by atoms with Crippen molar-refractivity contribution < 1.29 is 26.7 Å². The van der Waals surface area contributed by atoms with Crippen LogP contribution in [-0.4, -0.2) is 19.3 Å². The molecule has 0 radical (unpaired) electrons. The SMILES string of the molecule is CCN(CC)c1ccc(/C=N/Nc2c(F)c(F)c(F)c(F)c2F)c(OCc2ccc(Cl)c(Cl)c2)c1. The van der Waals surface area contributed by atoms with Gasteiger partial charge < -0.3 is 9.64 Å². The van der Waals surface area contributed by atoms with E-state index in [9.17, 15) is 22.0 Å². The second kappa shape index (κ2) is 11.6. The summed E-state index contributed by atoms with van der Waals surface area (Å²) < 4.78 is 73.8. The molecule has 3 aromatic carbocycles. The Morgan fingerprint density at radius 3 is 2.09 bits per heavy atom. The van der Waals surface area contributed by atoms with Gasteiger partial charge in [0.2, 0.25) is 5.82 Å². The molecule has 0 saturated heterocycles. The highest BCUT2D eigenvalue weighted by Crippen LogP contribution is 2.29. The summed E-state index contributed by atoms with van der Waals surface area (Å²) in [5, 5.41) is 4.41. The molecule has 0 aromatic heterocycles. The molecule has 0 bridgehead atoms. The van der Waals surface area contributed by atoms with E-state index in [0.29, 0.717) is 21.4 Å². The minimum absolute atomic E-state index is 0.116. The van der Waals surface area contributed by atoms with Crippen molar-refractivity contribution in [3.05, 3.63) is 86.7 Å². The van der Waals surface area contributed by atoms with Gasteiger partial charge in [0, 0.05) is 30.4 Å². The van der Waals surface area contributed by atoms with Crippen LogP contribution in [0.3, 0.4) is 0 Å². The Morgan fingerprint density at radius 2 is 1.49 bits per heavy atom. The summed E-state index contributed by atoms with van der Waals surface area (Å²) in [6.07, 6.45) is 1.15. The van der Waals surface area contributed by atoms with Crippen molar-refractivity contribution in [2.45, 2.75) is 20.5 Å². The standard InChI is InChI=1S/C24H20Cl2F5N3O/c1-3-34(4-2)15-7-6-14(18(10-15)35-12-13-5-8-16(25)17(26)9-13)11-32-33-24-22(30)20(28)19(27)21(29)23(24)31/h5-11,33H,3-4,12H2,1-2H3/b32-11+. The van der Waals surface area contributed by atoms with Gasteiger partial charge in [-0.25, -0.2) is 22.0 Å². The number of hydrogen-bond acceptors (Lipinski definition) is 4. The van der Waals surface area contributed by atoms with E-state index < -0.39 is 34.8 Å². The molecule has 0 spiro atoms. The van der Waals surface area contributed by atoms with Gasteiger partial charge >= 0.3 is 0 Å². The molecule has 0 aliphatic heterocycles. The fourth-order valence-corrected chi connectivity index (χ4v) is 3.52. The highest BCUT2D eigenvalue weighted by molar-refractivity contribution is 6.42. The summed E-state index contributed by atoms with van der Waals surface area (Å²) in [4.78, 5) is 2.07. The summed E-state index contributed by atoms with van der Waals surface area (Å²) in [6.45, 7) is 5.56. The maximum Gasteiger partial charge on any atom is 0.200 e. The van der Waals surface area contributed by atoms with E-state index in [1.807, 2.05) is 19.3 Å². The fraction of sp³-hybridized carbons (Fsp3) is 0.208. The lowest BCUT2D eigenvalue weighted by Gasteiger charge is -2.22. The topological polar surface area (TPSA) is 36.9 Å². The summed E-state index contributed by atoms with van der Waals surface area (Å²) in [5.41, 5.74) is 2.59. The highest BCUT2D eigenvalue weighted by atomic mass is 35.5. The third kappa shape index (κ3) is 5.97. The van der Waals surface area contributed by atoms with Gasteiger partial charge in [-0.1, -0.05) is 29.3 Å². The lowest BCUT2D eigenvalue weighted by atomic mass is 10.1. The highest BCUT2D eigenvalue weighted by Gasteiger charge is 2.25. The van der Waals surface area contributed by atoms with Crippen molar-refractivity contribution in [2.24, 2.45) is 5.10 Å². The molecule has 35 heavy (non-hydrogen) atoms. The lowest BCUT2D eigenvalue weighted by Crippen LogP contribution is -2.21. The Bertz CT molecular complexity index is 1220. The van der Waals surface area contributed by atoms with Crippen molar-refractivity contribution in [3.8, 4) is 5.75 Å². The number of rotatable bonds is 9. The molecule has 0 saturated carbocycles. The van der Waals surface area contributed by atoms with E-state index in [1.165, 1.54) is 0 Å². The van der Waals surface area contributed by atoms with Crippen LogP contribution in [0.4, 0.5) is 33.3 Å². The monoisotopic (exact) mass is 531 g/mol. The molecule has 1 N–H and O–H groups in total. The van der Waals surface area contributed by atoms with Gasteiger partial charge in [0.25, 0.3) is 0 Å². The zero-order valence-corrected chi connectivity index (χ0v) is 20.1. The molecule has 0 aliphatic carbocycles. The first-order valence-electron chi connectivity index (χ1n) is 10.4. The quantitative estimate of drug-likeness (QED) is 0.102. The van der Waals surface area contributed by atoms with Crippen LogP contribution in [0.5, 0.6) is 5.75 Å². The average molecular weight is 532 g/mol. The van der Waals surface area contributed by atoms with Gasteiger partial charge in [-0.05, 0) is 43.7 Å². The minimum atomic E-state index is -2.25. The Balaban J connectivity index is 1.90. The molecule has 0 heterocycles. The minimum Gasteiger partial charge on any atom is -0.488 e. The lowest BCUT2D eigenvalue weighted by molar-refractivity contribution is 0.306. The molecule has 11 heteroatoms. The van der Waals surface area contributed by atoms with Gasteiger partial charge in [-0.3, -0.25) is 5.43 Å². The van der Waals surface area contributed by atoms with Crippen LogP contribution in [-0.2, 0) is 6.61 Å². The third-order valence-corrected chi connectivity index (χ3v) is 5.83. The Labute approximate surface area is 208 Å². The molecular weight excluding hydrogens is 512 g/mol. The molecule has 3 rings (SSSR count).